The number of nitrogens with one attached hydrogen (secondary N) is 1. The fraction of sp³-hybridized carbons (Fsp3) is 0.786. The highest BCUT2D eigenvalue weighted by Gasteiger charge is 2.21. The van der Waals surface area contributed by atoms with Gasteiger partial charge >= 0.3 is 0 Å². The Kier molecular flexibility index (Phi) is 3.97. The van der Waals surface area contributed by atoms with Crippen LogP contribution in [0.25, 0.3) is 0 Å². The summed E-state index contributed by atoms with van der Waals surface area (Å²) in [4.78, 5) is 7.34. The second-order valence-corrected chi connectivity index (χ2v) is 6.65. The van der Waals surface area contributed by atoms with Gasteiger partial charge in [-0.2, -0.15) is 0 Å². The Morgan fingerprint density at radius 1 is 1.39 bits per heavy atom. The molecule has 1 aliphatic heterocycles. The van der Waals surface area contributed by atoms with E-state index in [9.17, 15) is 0 Å². The van der Waals surface area contributed by atoms with Crippen LogP contribution in [0.15, 0.2) is 5.38 Å². The third-order valence-corrected chi connectivity index (χ3v) is 4.91. The van der Waals surface area contributed by atoms with E-state index in [-0.39, 0.29) is 0 Å². The second-order valence-electron chi connectivity index (χ2n) is 5.70. The summed E-state index contributed by atoms with van der Waals surface area (Å²) in [5, 5.41) is 7.04. The lowest BCUT2D eigenvalue weighted by atomic mass is 10.0. The van der Waals surface area contributed by atoms with E-state index in [4.69, 9.17) is 4.98 Å². The summed E-state index contributed by atoms with van der Waals surface area (Å²) in [6.07, 6.45) is 6.80. The van der Waals surface area contributed by atoms with Gasteiger partial charge in [-0.15, -0.1) is 11.3 Å². The Morgan fingerprint density at radius 3 is 3.06 bits per heavy atom. The molecule has 0 bridgehead atoms. The van der Waals surface area contributed by atoms with Crippen molar-refractivity contribution in [2.45, 2.75) is 64.2 Å². The van der Waals surface area contributed by atoms with E-state index in [0.717, 1.165) is 25.2 Å². The molecule has 1 aromatic heterocycles. The maximum Gasteiger partial charge on any atom is 0.107 e. The SMILES string of the molecule is CC1CCCCN1Cc1nc(CNC2CC2)cs1. The largest absolute Gasteiger partial charge is 0.308 e. The van der Waals surface area contributed by atoms with Crippen molar-refractivity contribution in [2.75, 3.05) is 6.54 Å². The number of nitrogens with zero attached hydrogens (tertiary/aromatic N) is 2. The number of piperidine rings is 1. The zero-order valence-corrected chi connectivity index (χ0v) is 12.0. The van der Waals surface area contributed by atoms with Crippen LogP contribution in [0.2, 0.25) is 0 Å². The first-order valence-electron chi connectivity index (χ1n) is 7.22. The summed E-state index contributed by atoms with van der Waals surface area (Å²) < 4.78 is 0. The number of likely N-dealkylation sites (tertiary alicyclic amines) is 1. The maximum absolute atomic E-state index is 4.75. The first-order valence-corrected chi connectivity index (χ1v) is 8.10. The van der Waals surface area contributed by atoms with Gasteiger partial charge in [-0.3, -0.25) is 4.90 Å². The number of hydrogen-bond donors (Lipinski definition) is 1. The molecule has 0 amide bonds. The van der Waals surface area contributed by atoms with Crippen LogP contribution in [0.3, 0.4) is 0 Å². The molecule has 3 rings (SSSR count). The van der Waals surface area contributed by atoms with Crippen LogP contribution < -0.4 is 5.32 Å². The number of hydrogen-bond acceptors (Lipinski definition) is 4. The molecule has 18 heavy (non-hydrogen) atoms. The van der Waals surface area contributed by atoms with Gasteiger partial charge in [0.1, 0.15) is 5.01 Å². The summed E-state index contributed by atoms with van der Waals surface area (Å²) >= 11 is 1.82. The summed E-state index contributed by atoms with van der Waals surface area (Å²) in [5.41, 5.74) is 1.23. The third-order valence-electron chi connectivity index (χ3n) is 4.03. The Hall–Kier alpha value is -0.450. The molecule has 2 heterocycles. The van der Waals surface area contributed by atoms with Crippen LogP contribution in [0.5, 0.6) is 0 Å². The van der Waals surface area contributed by atoms with Crippen molar-refractivity contribution in [1.29, 1.82) is 0 Å². The Morgan fingerprint density at radius 2 is 2.28 bits per heavy atom. The first-order chi connectivity index (χ1) is 8.81. The van der Waals surface area contributed by atoms with E-state index in [0.29, 0.717) is 0 Å². The smallest absolute Gasteiger partial charge is 0.107 e. The highest BCUT2D eigenvalue weighted by molar-refractivity contribution is 7.09. The molecule has 1 saturated heterocycles. The standard InChI is InChI=1S/C14H23N3S/c1-11-4-2-3-7-17(11)9-14-16-13(10-18-14)8-15-12-5-6-12/h10-12,15H,2-9H2,1H3. The molecule has 2 aliphatic rings. The molecule has 1 unspecified atom stereocenters. The molecular weight excluding hydrogens is 242 g/mol. The average molecular weight is 265 g/mol. The Labute approximate surface area is 114 Å². The molecule has 0 spiro atoms. The number of thiazole rings is 1. The van der Waals surface area contributed by atoms with Crippen LogP contribution in [0.1, 0.15) is 49.7 Å². The molecule has 1 saturated carbocycles. The molecule has 1 aromatic rings. The van der Waals surface area contributed by atoms with E-state index in [2.05, 4.69) is 22.5 Å². The van der Waals surface area contributed by atoms with Gasteiger partial charge in [0.25, 0.3) is 0 Å². The van der Waals surface area contributed by atoms with Crippen molar-refractivity contribution >= 4 is 11.3 Å². The van der Waals surface area contributed by atoms with Crippen molar-refractivity contribution < 1.29 is 0 Å². The average Bonchev–Trinajstić information content (AvgIpc) is 3.10. The van der Waals surface area contributed by atoms with Gasteiger partial charge in [0.05, 0.1) is 12.2 Å². The highest BCUT2D eigenvalue weighted by atomic mass is 32.1. The normalized spacial score (nSPS) is 25.5. The van der Waals surface area contributed by atoms with Crippen LogP contribution >= 0.6 is 11.3 Å². The van der Waals surface area contributed by atoms with E-state index in [1.807, 2.05) is 11.3 Å². The molecule has 0 radical (unpaired) electrons. The molecule has 100 valence electrons. The summed E-state index contributed by atoms with van der Waals surface area (Å²) in [7, 11) is 0. The van der Waals surface area contributed by atoms with Gasteiger partial charge in [0.2, 0.25) is 0 Å². The van der Waals surface area contributed by atoms with Gasteiger partial charge in [-0.25, -0.2) is 4.98 Å². The second kappa shape index (κ2) is 5.68. The Balaban J connectivity index is 1.51. The van der Waals surface area contributed by atoms with Crippen molar-refractivity contribution in [3.63, 3.8) is 0 Å². The predicted octanol–water partition coefficient (Wildman–Crippen LogP) is 2.77. The topological polar surface area (TPSA) is 28.2 Å². The van der Waals surface area contributed by atoms with E-state index in [1.54, 1.807) is 0 Å². The van der Waals surface area contributed by atoms with Gasteiger partial charge < -0.3 is 5.32 Å². The van der Waals surface area contributed by atoms with Crippen molar-refractivity contribution in [2.24, 2.45) is 0 Å². The molecule has 0 aromatic carbocycles. The molecule has 1 atom stereocenters. The molecular formula is C14H23N3S. The minimum absolute atomic E-state index is 0.732. The molecule has 3 nitrogen and oxygen atoms in total. The van der Waals surface area contributed by atoms with Gasteiger partial charge in [-0.05, 0) is 39.2 Å². The lowest BCUT2D eigenvalue weighted by Gasteiger charge is -2.32. The lowest BCUT2D eigenvalue weighted by Crippen LogP contribution is -2.36. The summed E-state index contributed by atoms with van der Waals surface area (Å²) in [6, 6.07) is 1.51. The van der Waals surface area contributed by atoms with Gasteiger partial charge in [0.15, 0.2) is 0 Å². The summed E-state index contributed by atoms with van der Waals surface area (Å²) in [5.74, 6) is 0. The number of rotatable bonds is 5. The van der Waals surface area contributed by atoms with Gasteiger partial charge in [-0.1, -0.05) is 6.42 Å². The van der Waals surface area contributed by atoms with Crippen molar-refractivity contribution in [3.05, 3.63) is 16.1 Å². The van der Waals surface area contributed by atoms with Crippen LogP contribution in [0, 0.1) is 0 Å². The minimum atomic E-state index is 0.732. The maximum atomic E-state index is 4.75. The first kappa shape index (κ1) is 12.6. The van der Waals surface area contributed by atoms with E-state index >= 15 is 0 Å². The fourth-order valence-electron chi connectivity index (χ4n) is 2.61. The monoisotopic (exact) mass is 265 g/mol. The zero-order valence-electron chi connectivity index (χ0n) is 11.2. The lowest BCUT2D eigenvalue weighted by molar-refractivity contribution is 0.152. The van der Waals surface area contributed by atoms with Crippen LogP contribution in [0.4, 0.5) is 0 Å². The van der Waals surface area contributed by atoms with Crippen LogP contribution in [-0.2, 0) is 13.1 Å². The van der Waals surface area contributed by atoms with Crippen LogP contribution in [-0.4, -0.2) is 28.5 Å². The zero-order chi connectivity index (χ0) is 12.4. The molecule has 2 fully saturated rings. The molecule has 1 aliphatic carbocycles. The van der Waals surface area contributed by atoms with Crippen molar-refractivity contribution in [3.8, 4) is 0 Å². The molecule has 1 N–H and O–H groups in total. The quantitative estimate of drug-likeness (QED) is 0.887. The highest BCUT2D eigenvalue weighted by Crippen LogP contribution is 2.22. The fourth-order valence-corrected chi connectivity index (χ4v) is 3.42. The van der Waals surface area contributed by atoms with E-state index < -0.39 is 0 Å². The number of aromatic nitrogens is 1. The van der Waals surface area contributed by atoms with E-state index in [1.165, 1.54) is 49.4 Å². The Bertz CT molecular complexity index is 386. The summed E-state index contributed by atoms with van der Waals surface area (Å²) in [6.45, 7) is 5.60. The predicted molar refractivity (Wildman–Crippen MR) is 75.7 cm³/mol. The van der Waals surface area contributed by atoms with Crippen molar-refractivity contribution in [1.82, 2.24) is 15.2 Å². The molecule has 4 heteroatoms. The third kappa shape index (κ3) is 3.31. The van der Waals surface area contributed by atoms with Gasteiger partial charge in [0, 0.05) is 24.0 Å². The minimum Gasteiger partial charge on any atom is -0.308 e.